The molecule has 0 amide bonds. The summed E-state index contributed by atoms with van der Waals surface area (Å²) in [7, 11) is 0. The van der Waals surface area contributed by atoms with E-state index in [0.717, 1.165) is 12.5 Å². The number of likely N-dealkylation sites (tertiary alicyclic amines) is 1. The molecule has 2 fully saturated rings. The summed E-state index contributed by atoms with van der Waals surface area (Å²) >= 11 is 0. The van der Waals surface area contributed by atoms with E-state index in [1.54, 1.807) is 0 Å². The molecule has 0 bridgehead atoms. The summed E-state index contributed by atoms with van der Waals surface area (Å²) < 4.78 is 0. The fraction of sp³-hybridized carbons (Fsp3) is 0.929. The third-order valence-electron chi connectivity index (χ3n) is 4.53. The highest BCUT2D eigenvalue weighted by atomic mass is 16.4. The SMILES string of the molecule is CC(C)C(C(=O)O)N1CCCC2CCCCC21. The fourth-order valence-electron chi connectivity index (χ4n) is 3.82. The summed E-state index contributed by atoms with van der Waals surface area (Å²) in [5.41, 5.74) is 0. The highest BCUT2D eigenvalue weighted by Gasteiger charge is 2.40. The van der Waals surface area contributed by atoms with Crippen molar-refractivity contribution in [1.29, 1.82) is 0 Å². The molecule has 1 heterocycles. The second-order valence-corrected chi connectivity index (χ2v) is 6.02. The van der Waals surface area contributed by atoms with Crippen LogP contribution in [0.2, 0.25) is 0 Å². The summed E-state index contributed by atoms with van der Waals surface area (Å²) in [5, 5.41) is 9.44. The Morgan fingerprint density at radius 2 is 1.82 bits per heavy atom. The van der Waals surface area contributed by atoms with Crippen LogP contribution in [0.25, 0.3) is 0 Å². The van der Waals surface area contributed by atoms with E-state index in [1.165, 1.54) is 38.5 Å². The zero-order valence-corrected chi connectivity index (χ0v) is 11.1. The lowest BCUT2D eigenvalue weighted by Crippen LogP contribution is -2.55. The average molecular weight is 239 g/mol. The molecular weight excluding hydrogens is 214 g/mol. The molecule has 1 aliphatic heterocycles. The van der Waals surface area contributed by atoms with Gasteiger partial charge < -0.3 is 5.11 Å². The van der Waals surface area contributed by atoms with Gasteiger partial charge in [-0.05, 0) is 44.1 Å². The minimum Gasteiger partial charge on any atom is -0.480 e. The Morgan fingerprint density at radius 3 is 2.47 bits per heavy atom. The van der Waals surface area contributed by atoms with Crippen LogP contribution in [-0.2, 0) is 4.79 Å². The first-order valence-corrected chi connectivity index (χ1v) is 7.10. The molecule has 0 aromatic rings. The molecule has 0 radical (unpaired) electrons. The Kier molecular flexibility index (Phi) is 4.08. The van der Waals surface area contributed by atoms with Gasteiger partial charge in [0.25, 0.3) is 0 Å². The van der Waals surface area contributed by atoms with E-state index in [1.807, 2.05) is 13.8 Å². The first-order chi connectivity index (χ1) is 8.11. The molecule has 3 heteroatoms. The zero-order valence-electron chi connectivity index (χ0n) is 11.1. The van der Waals surface area contributed by atoms with Crippen molar-refractivity contribution in [2.24, 2.45) is 11.8 Å². The van der Waals surface area contributed by atoms with Crippen molar-refractivity contribution >= 4 is 5.97 Å². The monoisotopic (exact) mass is 239 g/mol. The van der Waals surface area contributed by atoms with Crippen LogP contribution in [0.15, 0.2) is 0 Å². The van der Waals surface area contributed by atoms with Crippen LogP contribution in [0.5, 0.6) is 0 Å². The number of hydrogen-bond acceptors (Lipinski definition) is 2. The molecule has 2 aliphatic rings. The number of carbonyl (C=O) groups is 1. The zero-order chi connectivity index (χ0) is 12.4. The molecular formula is C14H25NO2. The Labute approximate surface area is 104 Å². The Morgan fingerprint density at radius 1 is 1.18 bits per heavy atom. The number of carboxylic acids is 1. The van der Waals surface area contributed by atoms with E-state index in [4.69, 9.17) is 0 Å². The van der Waals surface area contributed by atoms with Crippen LogP contribution >= 0.6 is 0 Å². The number of nitrogens with zero attached hydrogens (tertiary/aromatic N) is 1. The number of rotatable bonds is 3. The van der Waals surface area contributed by atoms with Crippen molar-refractivity contribution < 1.29 is 9.90 Å². The molecule has 98 valence electrons. The van der Waals surface area contributed by atoms with Gasteiger partial charge in [-0.3, -0.25) is 9.69 Å². The number of carboxylic acid groups (broad SMARTS) is 1. The number of fused-ring (bicyclic) bond motifs is 1. The van der Waals surface area contributed by atoms with E-state index in [0.29, 0.717) is 6.04 Å². The lowest BCUT2D eigenvalue weighted by Gasteiger charge is -2.47. The van der Waals surface area contributed by atoms with Crippen molar-refractivity contribution in [3.63, 3.8) is 0 Å². The molecule has 3 atom stereocenters. The topological polar surface area (TPSA) is 40.5 Å². The predicted molar refractivity (Wildman–Crippen MR) is 67.9 cm³/mol. The average Bonchev–Trinajstić information content (AvgIpc) is 2.28. The molecule has 3 nitrogen and oxygen atoms in total. The summed E-state index contributed by atoms with van der Waals surface area (Å²) in [6, 6.07) is 0.266. The Hall–Kier alpha value is -0.570. The lowest BCUT2D eigenvalue weighted by atomic mass is 9.77. The molecule has 0 aromatic carbocycles. The van der Waals surface area contributed by atoms with E-state index >= 15 is 0 Å². The highest BCUT2D eigenvalue weighted by Crippen LogP contribution is 2.37. The predicted octanol–water partition coefficient (Wildman–Crippen LogP) is 2.75. The first kappa shape index (κ1) is 12.9. The van der Waals surface area contributed by atoms with Crippen molar-refractivity contribution in [2.75, 3.05) is 6.54 Å². The van der Waals surface area contributed by atoms with Gasteiger partial charge in [0.15, 0.2) is 0 Å². The molecule has 1 saturated heterocycles. The standard InChI is InChI=1S/C14H25NO2/c1-10(2)13(14(16)17)15-9-5-7-11-6-3-4-8-12(11)15/h10-13H,3-9H2,1-2H3,(H,16,17). The van der Waals surface area contributed by atoms with Crippen LogP contribution in [0.1, 0.15) is 52.4 Å². The third-order valence-corrected chi connectivity index (χ3v) is 4.53. The van der Waals surface area contributed by atoms with Crippen LogP contribution in [0, 0.1) is 11.8 Å². The van der Waals surface area contributed by atoms with Crippen LogP contribution in [0.4, 0.5) is 0 Å². The molecule has 1 aliphatic carbocycles. The minimum atomic E-state index is -0.633. The van der Waals surface area contributed by atoms with Crippen molar-refractivity contribution in [3.8, 4) is 0 Å². The van der Waals surface area contributed by atoms with Crippen molar-refractivity contribution in [1.82, 2.24) is 4.90 Å². The van der Waals surface area contributed by atoms with Gasteiger partial charge in [0.1, 0.15) is 6.04 Å². The van der Waals surface area contributed by atoms with Gasteiger partial charge >= 0.3 is 5.97 Å². The minimum absolute atomic E-state index is 0.202. The Bertz CT molecular complexity index is 275. The molecule has 2 rings (SSSR count). The maximum Gasteiger partial charge on any atom is 0.321 e. The quantitative estimate of drug-likeness (QED) is 0.823. The highest BCUT2D eigenvalue weighted by molar-refractivity contribution is 5.73. The van der Waals surface area contributed by atoms with E-state index in [9.17, 15) is 9.90 Å². The van der Waals surface area contributed by atoms with E-state index in [2.05, 4.69) is 4.90 Å². The van der Waals surface area contributed by atoms with E-state index < -0.39 is 5.97 Å². The fourth-order valence-corrected chi connectivity index (χ4v) is 3.82. The van der Waals surface area contributed by atoms with Crippen molar-refractivity contribution in [3.05, 3.63) is 0 Å². The molecule has 1 N–H and O–H groups in total. The summed E-state index contributed by atoms with van der Waals surface area (Å²) in [5.74, 6) is 0.331. The van der Waals surface area contributed by atoms with Crippen LogP contribution < -0.4 is 0 Å². The van der Waals surface area contributed by atoms with Crippen molar-refractivity contribution in [2.45, 2.75) is 64.5 Å². The van der Waals surface area contributed by atoms with Gasteiger partial charge in [-0.1, -0.05) is 26.7 Å². The second kappa shape index (κ2) is 5.38. The Balaban J connectivity index is 2.14. The van der Waals surface area contributed by atoms with Crippen LogP contribution in [0.3, 0.4) is 0 Å². The largest absolute Gasteiger partial charge is 0.480 e. The molecule has 17 heavy (non-hydrogen) atoms. The number of aliphatic carboxylic acids is 1. The van der Waals surface area contributed by atoms with Gasteiger partial charge in [-0.25, -0.2) is 0 Å². The summed E-state index contributed by atoms with van der Waals surface area (Å²) in [4.78, 5) is 13.8. The van der Waals surface area contributed by atoms with Gasteiger partial charge in [-0.15, -0.1) is 0 Å². The normalized spacial score (nSPS) is 32.2. The van der Waals surface area contributed by atoms with Gasteiger partial charge in [0, 0.05) is 6.04 Å². The molecule has 3 unspecified atom stereocenters. The second-order valence-electron chi connectivity index (χ2n) is 6.02. The number of piperidine rings is 1. The first-order valence-electron chi connectivity index (χ1n) is 7.10. The maximum atomic E-state index is 11.5. The molecule has 0 aromatic heterocycles. The van der Waals surface area contributed by atoms with Gasteiger partial charge in [0.2, 0.25) is 0 Å². The maximum absolute atomic E-state index is 11.5. The molecule has 1 saturated carbocycles. The van der Waals surface area contributed by atoms with Crippen LogP contribution in [-0.4, -0.2) is 34.6 Å². The smallest absolute Gasteiger partial charge is 0.321 e. The summed E-state index contributed by atoms with van der Waals surface area (Å²) in [6.45, 7) is 5.05. The van der Waals surface area contributed by atoms with Gasteiger partial charge in [0.05, 0.1) is 0 Å². The number of hydrogen-bond donors (Lipinski definition) is 1. The summed E-state index contributed by atoms with van der Waals surface area (Å²) in [6.07, 6.45) is 7.63. The lowest BCUT2D eigenvalue weighted by molar-refractivity contribution is -0.148. The van der Waals surface area contributed by atoms with Gasteiger partial charge in [-0.2, -0.15) is 0 Å². The van der Waals surface area contributed by atoms with E-state index in [-0.39, 0.29) is 12.0 Å². The third kappa shape index (κ3) is 2.65. The molecule has 0 spiro atoms.